The van der Waals surface area contributed by atoms with Gasteiger partial charge in [0.05, 0.1) is 5.52 Å². The van der Waals surface area contributed by atoms with Gasteiger partial charge < -0.3 is 9.64 Å². The fourth-order valence-corrected chi connectivity index (χ4v) is 3.25. The predicted molar refractivity (Wildman–Crippen MR) is 83.7 cm³/mol. The topological polar surface area (TPSA) is 54.8 Å². The number of hydrogen-bond donors (Lipinski definition) is 0. The van der Waals surface area contributed by atoms with Gasteiger partial charge >= 0.3 is 0 Å². The monoisotopic (exact) mass is 295 g/mol. The molecule has 1 aromatic heterocycles. The van der Waals surface area contributed by atoms with Crippen LogP contribution in [0.3, 0.4) is 0 Å². The number of aliphatic imine (C=N–C) groups is 1. The third kappa shape index (κ3) is 2.13. The van der Waals surface area contributed by atoms with Gasteiger partial charge in [0, 0.05) is 30.2 Å². The van der Waals surface area contributed by atoms with Crippen molar-refractivity contribution in [1.29, 1.82) is 0 Å². The SMILES string of the molecule is O=C([C@H]1N=COC1c1ccnc2ccccc12)N1CCCC1. The number of carbonyl (C=O) groups is 1. The Labute approximate surface area is 128 Å². The standard InChI is InChI=1S/C17H17N3O2/c21-17(20-9-3-4-10-20)15-16(22-11-19-15)13-7-8-18-14-6-2-1-5-12(13)14/h1-2,5-8,11,15-16H,3-4,9-10H2/t15-,16?/m0/s1. The number of carbonyl (C=O) groups excluding carboxylic acids is 1. The third-order valence-electron chi connectivity index (χ3n) is 4.38. The van der Waals surface area contributed by atoms with Crippen molar-refractivity contribution in [2.45, 2.75) is 25.0 Å². The lowest BCUT2D eigenvalue weighted by atomic mass is 9.98. The summed E-state index contributed by atoms with van der Waals surface area (Å²) in [7, 11) is 0. The number of hydrogen-bond acceptors (Lipinski definition) is 4. The number of rotatable bonds is 2. The summed E-state index contributed by atoms with van der Waals surface area (Å²) >= 11 is 0. The second-order valence-corrected chi connectivity index (χ2v) is 5.71. The van der Waals surface area contributed by atoms with Crippen LogP contribution in [0.25, 0.3) is 10.9 Å². The van der Waals surface area contributed by atoms with Gasteiger partial charge in [-0.25, -0.2) is 4.99 Å². The number of ether oxygens (including phenoxy) is 1. The average molecular weight is 295 g/mol. The molecule has 2 atom stereocenters. The largest absolute Gasteiger partial charge is 0.473 e. The number of amides is 1. The van der Waals surface area contributed by atoms with Gasteiger partial charge in [0.25, 0.3) is 5.91 Å². The van der Waals surface area contributed by atoms with Gasteiger partial charge in [0.2, 0.25) is 0 Å². The molecule has 1 fully saturated rings. The van der Waals surface area contributed by atoms with Crippen LogP contribution in [0.1, 0.15) is 24.5 Å². The molecule has 1 amide bonds. The van der Waals surface area contributed by atoms with Crippen LogP contribution in [0.5, 0.6) is 0 Å². The molecule has 2 aliphatic rings. The first-order valence-electron chi connectivity index (χ1n) is 7.64. The minimum atomic E-state index is -0.482. The van der Waals surface area contributed by atoms with Crippen LogP contribution in [-0.2, 0) is 9.53 Å². The molecule has 0 radical (unpaired) electrons. The van der Waals surface area contributed by atoms with E-state index >= 15 is 0 Å². The quantitative estimate of drug-likeness (QED) is 0.854. The van der Waals surface area contributed by atoms with Gasteiger partial charge in [-0.15, -0.1) is 0 Å². The zero-order chi connectivity index (χ0) is 14.9. The molecule has 2 aromatic rings. The smallest absolute Gasteiger partial charge is 0.251 e. The Morgan fingerprint density at radius 1 is 1.18 bits per heavy atom. The van der Waals surface area contributed by atoms with E-state index in [0.29, 0.717) is 0 Å². The second kappa shape index (κ2) is 5.40. The van der Waals surface area contributed by atoms with E-state index < -0.39 is 6.04 Å². The normalized spacial score (nSPS) is 23.9. The number of nitrogens with zero attached hydrogens (tertiary/aromatic N) is 3. The molecule has 0 saturated carbocycles. The predicted octanol–water partition coefficient (Wildman–Crippen LogP) is 2.33. The highest BCUT2D eigenvalue weighted by Crippen LogP contribution is 2.33. The number of fused-ring (bicyclic) bond motifs is 1. The molecule has 0 aliphatic carbocycles. The lowest BCUT2D eigenvalue weighted by Crippen LogP contribution is -2.38. The van der Waals surface area contributed by atoms with Crippen LogP contribution >= 0.6 is 0 Å². The molecule has 5 nitrogen and oxygen atoms in total. The molecule has 1 saturated heterocycles. The van der Waals surface area contributed by atoms with E-state index in [1.807, 2.05) is 35.2 Å². The molecule has 1 aromatic carbocycles. The molecule has 0 bridgehead atoms. The lowest BCUT2D eigenvalue weighted by Gasteiger charge is -2.23. The molecule has 112 valence electrons. The Hall–Kier alpha value is -2.43. The summed E-state index contributed by atoms with van der Waals surface area (Å²) in [5.74, 6) is 0.0668. The molecule has 0 spiro atoms. The number of likely N-dealkylation sites (tertiary alicyclic amines) is 1. The summed E-state index contributed by atoms with van der Waals surface area (Å²) in [6.07, 6.45) is 4.97. The Kier molecular flexibility index (Phi) is 3.25. The third-order valence-corrected chi connectivity index (χ3v) is 4.38. The molecule has 3 heterocycles. The van der Waals surface area contributed by atoms with Crippen molar-refractivity contribution in [3.05, 3.63) is 42.1 Å². The summed E-state index contributed by atoms with van der Waals surface area (Å²) < 4.78 is 5.67. The highest BCUT2D eigenvalue weighted by atomic mass is 16.5. The van der Waals surface area contributed by atoms with Crippen molar-refractivity contribution in [3.8, 4) is 0 Å². The molecule has 22 heavy (non-hydrogen) atoms. The summed E-state index contributed by atoms with van der Waals surface area (Å²) in [4.78, 5) is 23.2. The molecular weight excluding hydrogens is 278 g/mol. The summed E-state index contributed by atoms with van der Waals surface area (Å²) in [6.45, 7) is 1.66. The van der Waals surface area contributed by atoms with E-state index in [2.05, 4.69) is 9.98 Å². The lowest BCUT2D eigenvalue weighted by molar-refractivity contribution is -0.133. The van der Waals surface area contributed by atoms with Gasteiger partial charge in [-0.1, -0.05) is 18.2 Å². The summed E-state index contributed by atoms with van der Waals surface area (Å²) in [6, 6.07) is 9.34. The second-order valence-electron chi connectivity index (χ2n) is 5.71. The van der Waals surface area contributed by atoms with E-state index in [1.165, 1.54) is 6.40 Å². The van der Waals surface area contributed by atoms with E-state index in [4.69, 9.17) is 4.74 Å². The molecule has 0 N–H and O–H groups in total. The van der Waals surface area contributed by atoms with E-state index in [0.717, 1.165) is 42.4 Å². The maximum Gasteiger partial charge on any atom is 0.251 e. The number of para-hydroxylation sites is 1. The van der Waals surface area contributed by atoms with Crippen LogP contribution in [0.4, 0.5) is 0 Å². The molecular formula is C17H17N3O2. The van der Waals surface area contributed by atoms with Crippen molar-refractivity contribution in [2.75, 3.05) is 13.1 Å². The van der Waals surface area contributed by atoms with Gasteiger partial charge in [0.1, 0.15) is 0 Å². The van der Waals surface area contributed by atoms with Crippen molar-refractivity contribution in [1.82, 2.24) is 9.88 Å². The Bertz CT molecular complexity index is 732. The summed E-state index contributed by atoms with van der Waals surface area (Å²) in [5.41, 5.74) is 1.88. The van der Waals surface area contributed by atoms with Crippen LogP contribution in [-0.4, -0.2) is 41.3 Å². The summed E-state index contributed by atoms with van der Waals surface area (Å²) in [5, 5.41) is 1.01. The zero-order valence-electron chi connectivity index (χ0n) is 12.2. The minimum absolute atomic E-state index is 0.0668. The van der Waals surface area contributed by atoms with Crippen LogP contribution in [0.15, 0.2) is 41.5 Å². The molecule has 4 rings (SSSR count). The number of pyridine rings is 1. The van der Waals surface area contributed by atoms with Crippen molar-refractivity contribution in [2.24, 2.45) is 4.99 Å². The Morgan fingerprint density at radius 3 is 2.86 bits per heavy atom. The minimum Gasteiger partial charge on any atom is -0.473 e. The molecule has 5 heteroatoms. The zero-order valence-corrected chi connectivity index (χ0v) is 12.2. The maximum absolute atomic E-state index is 12.7. The van der Waals surface area contributed by atoms with Crippen molar-refractivity contribution in [3.63, 3.8) is 0 Å². The Morgan fingerprint density at radius 2 is 2.00 bits per heavy atom. The first-order chi connectivity index (χ1) is 10.8. The molecule has 1 unspecified atom stereocenters. The van der Waals surface area contributed by atoms with Crippen LogP contribution < -0.4 is 0 Å². The molecule has 2 aliphatic heterocycles. The Balaban J connectivity index is 1.70. The van der Waals surface area contributed by atoms with Crippen molar-refractivity contribution < 1.29 is 9.53 Å². The van der Waals surface area contributed by atoms with Crippen molar-refractivity contribution >= 4 is 23.2 Å². The number of aromatic nitrogens is 1. The maximum atomic E-state index is 12.7. The van der Waals surface area contributed by atoms with Crippen LogP contribution in [0, 0.1) is 0 Å². The fourth-order valence-electron chi connectivity index (χ4n) is 3.25. The van der Waals surface area contributed by atoms with Gasteiger partial charge in [0.15, 0.2) is 18.5 Å². The fraction of sp³-hybridized carbons (Fsp3) is 0.353. The van der Waals surface area contributed by atoms with Crippen LogP contribution in [0.2, 0.25) is 0 Å². The van der Waals surface area contributed by atoms with Gasteiger partial charge in [-0.3, -0.25) is 9.78 Å². The van der Waals surface area contributed by atoms with E-state index in [1.54, 1.807) is 6.20 Å². The first-order valence-corrected chi connectivity index (χ1v) is 7.64. The van der Waals surface area contributed by atoms with E-state index in [-0.39, 0.29) is 12.0 Å². The van der Waals surface area contributed by atoms with Gasteiger partial charge in [-0.05, 0) is 25.0 Å². The first kappa shape index (κ1) is 13.2. The van der Waals surface area contributed by atoms with Gasteiger partial charge in [-0.2, -0.15) is 0 Å². The van der Waals surface area contributed by atoms with E-state index in [9.17, 15) is 4.79 Å². The highest BCUT2D eigenvalue weighted by molar-refractivity contribution is 5.88. The highest BCUT2D eigenvalue weighted by Gasteiger charge is 2.38. The average Bonchev–Trinajstić information content (AvgIpc) is 3.25. The number of benzene rings is 1.